The molecule has 1 heterocycles. The quantitative estimate of drug-likeness (QED) is 0.658. The maximum Gasteiger partial charge on any atom is 0.262 e. The molecular formula is C18H31N3O2. The van der Waals surface area contributed by atoms with E-state index in [0.29, 0.717) is 17.5 Å². The number of nitrogens with zero attached hydrogens (tertiary/aromatic N) is 3. The Bertz CT molecular complexity index is 487. The van der Waals surface area contributed by atoms with Crippen LogP contribution in [0.4, 0.5) is 5.95 Å². The van der Waals surface area contributed by atoms with Crippen molar-refractivity contribution in [2.75, 3.05) is 19.0 Å². The van der Waals surface area contributed by atoms with E-state index in [-0.39, 0.29) is 11.9 Å². The van der Waals surface area contributed by atoms with Gasteiger partial charge in [0.2, 0.25) is 11.7 Å². The monoisotopic (exact) mass is 321 g/mol. The smallest absolute Gasteiger partial charge is 0.262 e. The zero-order chi connectivity index (χ0) is 16.7. The van der Waals surface area contributed by atoms with Crippen LogP contribution < -0.4 is 9.64 Å². The minimum absolute atomic E-state index is 0.135. The van der Waals surface area contributed by atoms with Crippen molar-refractivity contribution < 1.29 is 9.84 Å². The van der Waals surface area contributed by atoms with E-state index >= 15 is 0 Å². The van der Waals surface area contributed by atoms with Gasteiger partial charge in [0.1, 0.15) is 6.10 Å². The first-order valence-corrected chi connectivity index (χ1v) is 9.05. The van der Waals surface area contributed by atoms with Crippen molar-refractivity contribution in [3.05, 3.63) is 5.69 Å². The summed E-state index contributed by atoms with van der Waals surface area (Å²) in [7, 11) is 3.82. The Balaban J connectivity index is 1.98. The predicted molar refractivity (Wildman–Crippen MR) is 93.4 cm³/mol. The molecule has 1 aromatic rings. The molecule has 2 rings (SSSR count). The van der Waals surface area contributed by atoms with Crippen molar-refractivity contribution in [1.82, 2.24) is 9.97 Å². The number of ether oxygens (including phenoxy) is 1. The van der Waals surface area contributed by atoms with Crippen LogP contribution >= 0.6 is 0 Å². The summed E-state index contributed by atoms with van der Waals surface area (Å²) in [6.07, 6.45) is 11.6. The van der Waals surface area contributed by atoms with E-state index in [9.17, 15) is 5.11 Å². The lowest BCUT2D eigenvalue weighted by Gasteiger charge is -2.26. The fraction of sp³-hybridized carbons (Fsp3) is 0.778. The molecule has 0 atom stereocenters. The third-order valence-electron chi connectivity index (χ3n) is 4.41. The Hall–Kier alpha value is -1.52. The minimum Gasteiger partial charge on any atom is -0.502 e. The largest absolute Gasteiger partial charge is 0.502 e. The fourth-order valence-corrected chi connectivity index (χ4v) is 2.64. The number of rotatable bonds is 10. The molecule has 130 valence electrons. The average molecular weight is 321 g/mol. The Morgan fingerprint density at radius 3 is 2.39 bits per heavy atom. The summed E-state index contributed by atoms with van der Waals surface area (Å²) in [6, 6.07) is 0. The summed E-state index contributed by atoms with van der Waals surface area (Å²) >= 11 is 0. The van der Waals surface area contributed by atoms with Gasteiger partial charge in [0.15, 0.2) is 0 Å². The molecule has 0 amide bonds. The Kier molecular flexibility index (Phi) is 6.93. The second-order valence-electron chi connectivity index (χ2n) is 6.71. The highest BCUT2D eigenvalue weighted by molar-refractivity contribution is 5.43. The molecule has 23 heavy (non-hydrogen) atoms. The molecule has 0 aliphatic heterocycles. The number of hydrogen-bond donors (Lipinski definition) is 1. The second-order valence-corrected chi connectivity index (χ2v) is 6.71. The van der Waals surface area contributed by atoms with Gasteiger partial charge >= 0.3 is 0 Å². The van der Waals surface area contributed by atoms with Crippen molar-refractivity contribution in [2.24, 2.45) is 0 Å². The van der Waals surface area contributed by atoms with Gasteiger partial charge in [-0.25, -0.2) is 4.98 Å². The van der Waals surface area contributed by atoms with Crippen LogP contribution in [0.5, 0.6) is 11.6 Å². The SMILES string of the molecule is CCCCCCCCc1nc(N(C)C)nc(OC2CCC2)c1O. The third kappa shape index (κ3) is 5.26. The third-order valence-corrected chi connectivity index (χ3v) is 4.41. The second kappa shape index (κ2) is 8.94. The van der Waals surface area contributed by atoms with E-state index in [0.717, 1.165) is 25.7 Å². The van der Waals surface area contributed by atoms with Gasteiger partial charge in [-0.15, -0.1) is 0 Å². The predicted octanol–water partition coefficient (Wildman–Crippen LogP) is 4.08. The van der Waals surface area contributed by atoms with E-state index in [1.807, 2.05) is 19.0 Å². The topological polar surface area (TPSA) is 58.5 Å². The number of aromatic hydroxyl groups is 1. The van der Waals surface area contributed by atoms with Crippen LogP contribution in [0.3, 0.4) is 0 Å². The normalized spacial score (nSPS) is 14.6. The van der Waals surface area contributed by atoms with Gasteiger partial charge in [0.05, 0.1) is 5.69 Å². The summed E-state index contributed by atoms with van der Waals surface area (Å²) in [6.45, 7) is 2.23. The van der Waals surface area contributed by atoms with Crippen LogP contribution in [-0.4, -0.2) is 35.3 Å². The van der Waals surface area contributed by atoms with Gasteiger partial charge in [-0.05, 0) is 32.1 Å². The first-order valence-electron chi connectivity index (χ1n) is 9.05. The molecule has 5 heteroatoms. The molecule has 0 bridgehead atoms. The van der Waals surface area contributed by atoms with E-state index in [4.69, 9.17) is 4.74 Å². The summed E-state index contributed by atoms with van der Waals surface area (Å²) in [4.78, 5) is 10.7. The lowest BCUT2D eigenvalue weighted by molar-refractivity contribution is 0.110. The number of unbranched alkanes of at least 4 members (excludes halogenated alkanes) is 5. The van der Waals surface area contributed by atoms with Gasteiger partial charge in [-0.1, -0.05) is 39.0 Å². The first-order chi connectivity index (χ1) is 11.1. The summed E-state index contributed by atoms with van der Waals surface area (Å²) in [5.74, 6) is 1.10. The number of hydrogen-bond acceptors (Lipinski definition) is 5. The maximum atomic E-state index is 10.4. The van der Waals surface area contributed by atoms with Gasteiger partial charge in [0, 0.05) is 14.1 Å². The van der Waals surface area contributed by atoms with Crippen molar-refractivity contribution in [3.8, 4) is 11.6 Å². The first kappa shape index (κ1) is 17.8. The van der Waals surface area contributed by atoms with Gasteiger partial charge in [-0.3, -0.25) is 0 Å². The molecule has 1 aliphatic carbocycles. The van der Waals surface area contributed by atoms with E-state index in [2.05, 4.69) is 16.9 Å². The van der Waals surface area contributed by atoms with Crippen LogP contribution in [0.1, 0.15) is 70.4 Å². The molecule has 0 unspecified atom stereocenters. The molecular weight excluding hydrogens is 290 g/mol. The fourth-order valence-electron chi connectivity index (χ4n) is 2.64. The highest BCUT2D eigenvalue weighted by Gasteiger charge is 2.23. The zero-order valence-electron chi connectivity index (χ0n) is 14.8. The highest BCUT2D eigenvalue weighted by atomic mass is 16.5. The Morgan fingerprint density at radius 2 is 1.78 bits per heavy atom. The van der Waals surface area contributed by atoms with Gasteiger partial charge in [-0.2, -0.15) is 4.98 Å². The molecule has 1 saturated carbocycles. The summed E-state index contributed by atoms with van der Waals surface area (Å²) < 4.78 is 5.84. The lowest BCUT2D eigenvalue weighted by atomic mass is 9.96. The number of aromatic nitrogens is 2. The van der Waals surface area contributed by atoms with Gasteiger partial charge in [0.25, 0.3) is 5.88 Å². The summed E-state index contributed by atoms with van der Waals surface area (Å²) in [5, 5.41) is 10.4. The average Bonchev–Trinajstić information content (AvgIpc) is 2.48. The Morgan fingerprint density at radius 1 is 1.09 bits per heavy atom. The van der Waals surface area contributed by atoms with E-state index in [1.54, 1.807) is 0 Å². The Labute approximate surface area is 140 Å². The van der Waals surface area contributed by atoms with Crippen molar-refractivity contribution in [2.45, 2.75) is 77.2 Å². The maximum absolute atomic E-state index is 10.4. The molecule has 0 aromatic carbocycles. The molecule has 1 aromatic heterocycles. The molecule has 0 saturated heterocycles. The highest BCUT2D eigenvalue weighted by Crippen LogP contribution is 2.33. The van der Waals surface area contributed by atoms with Gasteiger partial charge < -0.3 is 14.7 Å². The number of aryl methyl sites for hydroxylation is 1. The molecule has 1 N–H and O–H groups in total. The molecule has 0 radical (unpaired) electrons. The molecule has 0 spiro atoms. The van der Waals surface area contributed by atoms with Crippen molar-refractivity contribution in [3.63, 3.8) is 0 Å². The minimum atomic E-state index is 0.135. The van der Waals surface area contributed by atoms with E-state index < -0.39 is 0 Å². The van der Waals surface area contributed by atoms with Crippen LogP contribution in [-0.2, 0) is 6.42 Å². The molecule has 1 fully saturated rings. The van der Waals surface area contributed by atoms with Crippen LogP contribution in [0.15, 0.2) is 0 Å². The van der Waals surface area contributed by atoms with Crippen LogP contribution in [0, 0.1) is 0 Å². The number of anilines is 1. The lowest BCUT2D eigenvalue weighted by Crippen LogP contribution is -2.25. The van der Waals surface area contributed by atoms with Crippen molar-refractivity contribution >= 4 is 5.95 Å². The van der Waals surface area contributed by atoms with Crippen LogP contribution in [0.2, 0.25) is 0 Å². The van der Waals surface area contributed by atoms with Crippen molar-refractivity contribution in [1.29, 1.82) is 0 Å². The molecule has 5 nitrogen and oxygen atoms in total. The standard InChI is InChI=1S/C18H31N3O2/c1-4-5-6-7-8-9-13-15-16(22)17(23-14-11-10-12-14)20-18(19-15)21(2)3/h14,22H,4-13H2,1-3H3. The van der Waals surface area contributed by atoms with Crippen LogP contribution in [0.25, 0.3) is 0 Å². The molecule has 1 aliphatic rings. The summed E-state index contributed by atoms with van der Waals surface area (Å²) in [5.41, 5.74) is 0.716. The van der Waals surface area contributed by atoms with E-state index in [1.165, 1.54) is 38.5 Å². The zero-order valence-corrected chi connectivity index (χ0v) is 14.8.